The van der Waals surface area contributed by atoms with Gasteiger partial charge in [0.15, 0.2) is 15.0 Å². The van der Waals surface area contributed by atoms with Crippen LogP contribution in [0.25, 0.3) is 0 Å². The number of hydrogen-bond donors (Lipinski definition) is 1. The molecule has 0 fully saturated rings. The number of benzene rings is 1. The molecule has 0 atom stereocenters. The summed E-state index contributed by atoms with van der Waals surface area (Å²) in [5, 5.41) is 9.47. The molecule has 1 N–H and O–H groups in total. The number of rotatable bonds is 8. The largest absolute Gasteiger partial charge is 0.477 e. The lowest BCUT2D eigenvalue weighted by Gasteiger charge is -2.21. The van der Waals surface area contributed by atoms with E-state index in [0.717, 1.165) is 16.9 Å². The molecule has 9 heteroatoms. The molecule has 0 aliphatic carbocycles. The van der Waals surface area contributed by atoms with Gasteiger partial charge >= 0.3 is 11.9 Å². The SMILES string of the molecule is CCOC(=O)CC(=O)N(Cc1ccccc1)c1nc(SC)sc1C(=O)O. The average Bonchev–Trinajstić information content (AvgIpc) is 3.05. The maximum atomic E-state index is 12.7. The van der Waals surface area contributed by atoms with Crippen molar-refractivity contribution in [1.29, 1.82) is 0 Å². The molecule has 0 aliphatic rings. The van der Waals surface area contributed by atoms with Crippen molar-refractivity contribution in [1.82, 2.24) is 4.98 Å². The minimum Gasteiger partial charge on any atom is -0.477 e. The number of aromatic carboxylic acids is 1. The molecule has 138 valence electrons. The average molecular weight is 394 g/mol. The third kappa shape index (κ3) is 5.06. The Morgan fingerprint density at radius 3 is 2.54 bits per heavy atom. The number of aromatic nitrogens is 1. The Hall–Kier alpha value is -2.39. The Morgan fingerprint density at radius 1 is 1.27 bits per heavy atom. The highest BCUT2D eigenvalue weighted by Gasteiger charge is 2.28. The number of carbonyl (C=O) groups is 3. The fourth-order valence-electron chi connectivity index (χ4n) is 2.18. The fraction of sp³-hybridized carbons (Fsp3) is 0.294. The Morgan fingerprint density at radius 2 is 1.96 bits per heavy atom. The molecule has 0 saturated heterocycles. The summed E-state index contributed by atoms with van der Waals surface area (Å²) >= 11 is 2.29. The highest BCUT2D eigenvalue weighted by molar-refractivity contribution is 8.00. The van der Waals surface area contributed by atoms with E-state index in [2.05, 4.69) is 4.98 Å². The van der Waals surface area contributed by atoms with Crippen LogP contribution in [0.4, 0.5) is 5.82 Å². The van der Waals surface area contributed by atoms with Gasteiger partial charge in [-0.05, 0) is 18.7 Å². The van der Waals surface area contributed by atoms with Crippen LogP contribution in [-0.4, -0.2) is 40.8 Å². The molecule has 1 heterocycles. The molecule has 0 aliphatic heterocycles. The number of carboxylic acids is 1. The number of hydrogen-bond acceptors (Lipinski definition) is 7. The Kier molecular flexibility index (Phi) is 7.16. The van der Waals surface area contributed by atoms with E-state index >= 15 is 0 Å². The van der Waals surface area contributed by atoms with E-state index in [1.54, 1.807) is 13.2 Å². The lowest BCUT2D eigenvalue weighted by molar-refractivity contribution is -0.145. The molecular formula is C17H18N2O5S2. The number of thiazole rings is 1. The van der Waals surface area contributed by atoms with Gasteiger partial charge in [-0.15, -0.1) is 0 Å². The summed E-state index contributed by atoms with van der Waals surface area (Å²) in [5.74, 6) is -2.34. The van der Waals surface area contributed by atoms with E-state index in [1.807, 2.05) is 30.3 Å². The fourth-order valence-corrected chi connectivity index (χ4v) is 3.58. The van der Waals surface area contributed by atoms with E-state index < -0.39 is 24.3 Å². The van der Waals surface area contributed by atoms with Gasteiger partial charge in [0.25, 0.3) is 0 Å². The first-order valence-electron chi connectivity index (χ1n) is 7.74. The molecule has 0 unspecified atom stereocenters. The molecule has 0 bridgehead atoms. The van der Waals surface area contributed by atoms with Gasteiger partial charge in [0.1, 0.15) is 6.42 Å². The second kappa shape index (κ2) is 9.35. The first-order chi connectivity index (χ1) is 12.5. The number of carboxylic acid groups (broad SMARTS) is 1. The minimum absolute atomic E-state index is 0.0394. The van der Waals surface area contributed by atoms with Crippen LogP contribution in [0.2, 0.25) is 0 Å². The van der Waals surface area contributed by atoms with Crippen molar-refractivity contribution in [3.63, 3.8) is 0 Å². The number of amides is 1. The van der Waals surface area contributed by atoms with Crippen LogP contribution in [0.3, 0.4) is 0 Å². The first-order valence-corrected chi connectivity index (χ1v) is 9.78. The number of thioether (sulfide) groups is 1. The summed E-state index contributed by atoms with van der Waals surface area (Å²) in [6, 6.07) is 9.09. The predicted octanol–water partition coefficient (Wildman–Crippen LogP) is 3.05. The van der Waals surface area contributed by atoms with Crippen LogP contribution in [-0.2, 0) is 20.9 Å². The maximum absolute atomic E-state index is 12.7. The molecule has 2 aromatic rings. The number of nitrogens with zero attached hydrogens (tertiary/aromatic N) is 2. The van der Waals surface area contributed by atoms with Gasteiger partial charge in [0.05, 0.1) is 13.2 Å². The maximum Gasteiger partial charge on any atom is 0.349 e. The van der Waals surface area contributed by atoms with Gasteiger partial charge in [-0.25, -0.2) is 9.78 Å². The molecule has 1 aromatic heterocycles. The van der Waals surface area contributed by atoms with E-state index in [1.165, 1.54) is 16.7 Å². The van der Waals surface area contributed by atoms with Gasteiger partial charge in [0.2, 0.25) is 5.91 Å². The molecule has 1 amide bonds. The van der Waals surface area contributed by atoms with Crippen molar-refractivity contribution in [3.8, 4) is 0 Å². The summed E-state index contributed by atoms with van der Waals surface area (Å²) in [6.07, 6.45) is 1.29. The van der Waals surface area contributed by atoms with Gasteiger partial charge in [-0.3, -0.25) is 14.5 Å². The number of carbonyl (C=O) groups excluding carboxylic acids is 2. The van der Waals surface area contributed by atoms with Crippen molar-refractivity contribution in [2.24, 2.45) is 0 Å². The summed E-state index contributed by atoms with van der Waals surface area (Å²) in [6.45, 7) is 1.92. The number of ether oxygens (including phenoxy) is 1. The van der Waals surface area contributed by atoms with Gasteiger partial charge in [-0.1, -0.05) is 53.4 Å². The lowest BCUT2D eigenvalue weighted by Crippen LogP contribution is -2.33. The van der Waals surface area contributed by atoms with E-state index in [4.69, 9.17) is 4.74 Å². The zero-order valence-electron chi connectivity index (χ0n) is 14.3. The molecule has 26 heavy (non-hydrogen) atoms. The van der Waals surface area contributed by atoms with E-state index in [0.29, 0.717) is 4.34 Å². The number of esters is 1. The predicted molar refractivity (Wildman–Crippen MR) is 99.7 cm³/mol. The molecule has 2 rings (SSSR count). The quantitative estimate of drug-likeness (QED) is 0.417. The third-order valence-electron chi connectivity index (χ3n) is 3.30. The van der Waals surface area contributed by atoms with Gasteiger partial charge < -0.3 is 9.84 Å². The molecule has 7 nitrogen and oxygen atoms in total. The molecule has 0 spiro atoms. The summed E-state index contributed by atoms with van der Waals surface area (Å²) < 4.78 is 5.36. The minimum atomic E-state index is -1.17. The topological polar surface area (TPSA) is 96.8 Å². The summed E-state index contributed by atoms with van der Waals surface area (Å²) in [4.78, 5) is 41.5. The van der Waals surface area contributed by atoms with Crippen molar-refractivity contribution in [3.05, 3.63) is 40.8 Å². The van der Waals surface area contributed by atoms with E-state index in [9.17, 15) is 19.5 Å². The molecular weight excluding hydrogens is 376 g/mol. The highest BCUT2D eigenvalue weighted by atomic mass is 32.2. The van der Waals surface area contributed by atoms with Crippen molar-refractivity contribution < 1.29 is 24.2 Å². The zero-order valence-corrected chi connectivity index (χ0v) is 15.9. The first kappa shape index (κ1) is 19.9. The molecule has 0 saturated carbocycles. The van der Waals surface area contributed by atoms with Crippen LogP contribution < -0.4 is 4.90 Å². The normalized spacial score (nSPS) is 10.4. The second-order valence-corrected chi connectivity index (χ2v) is 7.14. The zero-order chi connectivity index (χ0) is 19.1. The van der Waals surface area contributed by atoms with Crippen LogP contribution in [0.5, 0.6) is 0 Å². The van der Waals surface area contributed by atoms with Crippen LogP contribution in [0.15, 0.2) is 34.7 Å². The molecule has 1 aromatic carbocycles. The smallest absolute Gasteiger partial charge is 0.349 e. The van der Waals surface area contributed by atoms with Crippen LogP contribution in [0, 0.1) is 0 Å². The standard InChI is InChI=1S/C17H18N2O5S2/c1-3-24-13(21)9-12(20)19(10-11-7-5-4-6-8-11)15-14(16(22)23)26-17(18-15)25-2/h4-8H,3,9-10H2,1-2H3,(H,22,23). The highest BCUT2D eigenvalue weighted by Crippen LogP contribution is 2.32. The van der Waals surface area contributed by atoms with Gasteiger partial charge in [0, 0.05) is 0 Å². The lowest BCUT2D eigenvalue weighted by atomic mass is 10.2. The summed E-state index contributed by atoms with van der Waals surface area (Å²) in [7, 11) is 0. The number of anilines is 1. The second-order valence-electron chi connectivity index (χ2n) is 5.09. The summed E-state index contributed by atoms with van der Waals surface area (Å²) in [5.41, 5.74) is 0.791. The van der Waals surface area contributed by atoms with Crippen LogP contribution >= 0.6 is 23.1 Å². The van der Waals surface area contributed by atoms with Crippen molar-refractivity contribution in [2.45, 2.75) is 24.2 Å². The Labute approximate surface area is 159 Å². The van der Waals surface area contributed by atoms with Crippen LogP contribution in [0.1, 0.15) is 28.6 Å². The van der Waals surface area contributed by atoms with Gasteiger partial charge in [-0.2, -0.15) is 0 Å². The Balaban J connectivity index is 2.40. The van der Waals surface area contributed by atoms with Crippen molar-refractivity contribution in [2.75, 3.05) is 17.8 Å². The molecule has 0 radical (unpaired) electrons. The Bertz CT molecular complexity index is 792. The third-order valence-corrected chi connectivity index (χ3v) is 5.32. The van der Waals surface area contributed by atoms with Crippen molar-refractivity contribution >= 4 is 46.8 Å². The van der Waals surface area contributed by atoms with E-state index in [-0.39, 0.29) is 23.8 Å². The monoisotopic (exact) mass is 394 g/mol.